The fraction of sp³-hybridized carbons (Fsp3) is 0.900. The van der Waals surface area contributed by atoms with Crippen molar-refractivity contribution in [3.63, 3.8) is 0 Å². The van der Waals surface area contributed by atoms with Gasteiger partial charge in [-0.2, -0.15) is 5.26 Å². The van der Waals surface area contributed by atoms with Crippen molar-refractivity contribution in [3.05, 3.63) is 0 Å². The number of amides is 1. The lowest BCUT2D eigenvalue weighted by Crippen LogP contribution is -2.49. The summed E-state index contributed by atoms with van der Waals surface area (Å²) in [5.41, 5.74) is -0.802. The molecule has 0 saturated heterocycles. The molecule has 0 aliphatic heterocycles. The molecular formula is C20H36N2O5. The number of aliphatic hydroxyl groups excluding tert-OH is 1. The Balaban J connectivity index is 2.57. The number of nitrogens with zero attached hydrogens (tertiary/aromatic N) is 1. The zero-order valence-electron chi connectivity index (χ0n) is 17.6. The minimum atomic E-state index is -0.670. The first-order valence-corrected chi connectivity index (χ1v) is 9.63. The van der Waals surface area contributed by atoms with E-state index in [-0.39, 0.29) is 29.6 Å². The molecule has 1 aliphatic carbocycles. The van der Waals surface area contributed by atoms with Crippen LogP contribution in [0.3, 0.4) is 0 Å². The van der Waals surface area contributed by atoms with E-state index in [1.54, 1.807) is 13.2 Å². The maximum absolute atomic E-state index is 12.4. The Morgan fingerprint density at radius 2 is 2.04 bits per heavy atom. The van der Waals surface area contributed by atoms with E-state index in [4.69, 9.17) is 24.6 Å². The molecule has 0 spiro atoms. The molecule has 1 fully saturated rings. The van der Waals surface area contributed by atoms with Crippen LogP contribution >= 0.6 is 0 Å². The molecule has 1 amide bonds. The number of carbonyl (C=O) groups is 1. The van der Waals surface area contributed by atoms with Gasteiger partial charge in [0.2, 0.25) is 0 Å². The van der Waals surface area contributed by atoms with Crippen molar-refractivity contribution in [1.82, 2.24) is 5.32 Å². The first kappa shape index (κ1) is 23.5. The summed E-state index contributed by atoms with van der Waals surface area (Å²) in [6.45, 7) is 12.6. The van der Waals surface area contributed by atoms with Gasteiger partial charge < -0.3 is 24.6 Å². The quantitative estimate of drug-likeness (QED) is 0.591. The summed E-state index contributed by atoms with van der Waals surface area (Å²) < 4.78 is 16.1. The summed E-state index contributed by atoms with van der Waals surface area (Å²) in [7, 11) is 0. The molecule has 156 valence electrons. The summed E-state index contributed by atoms with van der Waals surface area (Å²) in [5, 5.41) is 20.7. The van der Waals surface area contributed by atoms with Gasteiger partial charge in [0.1, 0.15) is 12.2 Å². The van der Waals surface area contributed by atoms with Gasteiger partial charge >= 0.3 is 6.09 Å². The molecule has 3 atom stereocenters. The molecule has 7 heteroatoms. The van der Waals surface area contributed by atoms with Gasteiger partial charge in [-0.15, -0.1) is 0 Å². The van der Waals surface area contributed by atoms with Crippen molar-refractivity contribution in [2.24, 2.45) is 10.8 Å². The van der Waals surface area contributed by atoms with Crippen LogP contribution in [0.2, 0.25) is 0 Å². The second kappa shape index (κ2) is 9.61. The minimum absolute atomic E-state index is 0.0324. The highest BCUT2D eigenvalue weighted by atomic mass is 16.6. The number of hydrogen-bond donors (Lipinski definition) is 2. The zero-order valence-corrected chi connectivity index (χ0v) is 17.6. The van der Waals surface area contributed by atoms with E-state index in [1.165, 1.54) is 0 Å². The third kappa shape index (κ3) is 8.81. The Kier molecular flexibility index (Phi) is 8.37. The van der Waals surface area contributed by atoms with Gasteiger partial charge in [0.25, 0.3) is 6.26 Å². The zero-order chi connectivity index (χ0) is 20.7. The van der Waals surface area contributed by atoms with Gasteiger partial charge in [-0.3, -0.25) is 0 Å². The van der Waals surface area contributed by atoms with E-state index in [0.717, 1.165) is 19.3 Å². The average molecular weight is 385 g/mol. The summed E-state index contributed by atoms with van der Waals surface area (Å²) in [4.78, 5) is 12.4. The van der Waals surface area contributed by atoms with Crippen LogP contribution in [0.4, 0.5) is 4.79 Å². The van der Waals surface area contributed by atoms with E-state index >= 15 is 0 Å². The van der Waals surface area contributed by atoms with Crippen molar-refractivity contribution < 1.29 is 24.1 Å². The van der Waals surface area contributed by atoms with Crippen LogP contribution in [-0.2, 0) is 14.2 Å². The maximum Gasteiger partial charge on any atom is 0.407 e. The van der Waals surface area contributed by atoms with Crippen LogP contribution in [0.5, 0.6) is 0 Å². The molecule has 2 N–H and O–H groups in total. The summed E-state index contributed by atoms with van der Waals surface area (Å²) in [6.07, 6.45) is 4.13. The van der Waals surface area contributed by atoms with Crippen molar-refractivity contribution in [2.75, 3.05) is 19.8 Å². The van der Waals surface area contributed by atoms with Gasteiger partial charge in [-0.25, -0.2) is 4.79 Å². The number of nitrogens with one attached hydrogen (secondary N) is 1. The van der Waals surface area contributed by atoms with Crippen LogP contribution in [0, 0.1) is 22.3 Å². The third-order valence-corrected chi connectivity index (χ3v) is 4.98. The lowest BCUT2D eigenvalue weighted by atomic mass is 9.63. The lowest BCUT2D eigenvalue weighted by Gasteiger charge is -2.46. The molecule has 7 nitrogen and oxygen atoms in total. The van der Waals surface area contributed by atoms with Crippen molar-refractivity contribution >= 4 is 6.09 Å². The molecule has 0 bridgehead atoms. The molecule has 0 aromatic heterocycles. The van der Waals surface area contributed by atoms with Crippen LogP contribution < -0.4 is 5.32 Å². The molecule has 27 heavy (non-hydrogen) atoms. The predicted octanol–water partition coefficient (Wildman–Crippen LogP) is 3.36. The van der Waals surface area contributed by atoms with Gasteiger partial charge in [-0.05, 0) is 45.4 Å². The van der Waals surface area contributed by atoms with E-state index in [2.05, 4.69) is 26.1 Å². The van der Waals surface area contributed by atoms with E-state index in [1.807, 2.05) is 13.8 Å². The number of carbonyl (C=O) groups excluding carboxylic acids is 1. The van der Waals surface area contributed by atoms with Crippen LogP contribution in [0.1, 0.15) is 67.2 Å². The predicted molar refractivity (Wildman–Crippen MR) is 102 cm³/mol. The lowest BCUT2D eigenvalue weighted by molar-refractivity contribution is -0.0255. The van der Waals surface area contributed by atoms with Gasteiger partial charge in [0.05, 0.1) is 19.3 Å². The fourth-order valence-corrected chi connectivity index (χ4v) is 4.11. The first-order valence-electron chi connectivity index (χ1n) is 9.63. The van der Waals surface area contributed by atoms with Gasteiger partial charge in [-0.1, -0.05) is 20.8 Å². The monoisotopic (exact) mass is 384 g/mol. The van der Waals surface area contributed by atoms with Crippen molar-refractivity contribution in [3.8, 4) is 6.26 Å². The Hall–Kier alpha value is -1.52. The summed E-state index contributed by atoms with van der Waals surface area (Å²) >= 11 is 0. The van der Waals surface area contributed by atoms with Gasteiger partial charge in [0, 0.05) is 17.9 Å². The molecular weight excluding hydrogens is 348 g/mol. The van der Waals surface area contributed by atoms with E-state index in [9.17, 15) is 4.79 Å². The molecule has 0 aromatic rings. The number of ether oxygens (including phenoxy) is 3. The first-order chi connectivity index (χ1) is 12.4. The number of nitriles is 1. The number of aliphatic hydroxyl groups is 1. The summed E-state index contributed by atoms with van der Waals surface area (Å²) in [6, 6.07) is -0.0324. The Labute approximate surface area is 163 Å². The molecule has 1 rings (SSSR count). The number of rotatable bonds is 9. The molecule has 0 radical (unpaired) electrons. The number of alkyl carbamates (subject to hydrolysis) is 1. The topological polar surface area (TPSA) is 101 Å². The van der Waals surface area contributed by atoms with Gasteiger partial charge in [0.15, 0.2) is 0 Å². The smallest absolute Gasteiger partial charge is 0.407 e. The van der Waals surface area contributed by atoms with E-state index in [0.29, 0.717) is 19.6 Å². The highest BCUT2D eigenvalue weighted by Gasteiger charge is 2.42. The Morgan fingerprint density at radius 3 is 2.63 bits per heavy atom. The van der Waals surface area contributed by atoms with Crippen molar-refractivity contribution in [2.45, 2.75) is 85.0 Å². The third-order valence-electron chi connectivity index (χ3n) is 4.98. The van der Waals surface area contributed by atoms with Crippen LogP contribution in [0.25, 0.3) is 0 Å². The SMILES string of the molecule is CC(CO)OCCC(C)(C)OC(=O)NC1CC(C)(C)CC(C)(COC#N)C1. The fourth-order valence-electron chi connectivity index (χ4n) is 4.11. The summed E-state index contributed by atoms with van der Waals surface area (Å²) in [5.74, 6) is 0. The molecule has 0 aromatic carbocycles. The minimum Gasteiger partial charge on any atom is -0.443 e. The highest BCUT2D eigenvalue weighted by Crippen LogP contribution is 2.46. The standard InChI is InChI=1S/C20H36N2O5/c1-15(11-23)26-8-7-19(4,5)27-17(24)22-16-9-18(2,3)12-20(6,10-16)13-25-14-21/h15-16,23H,7-13H2,1-6H3,(H,22,24). The largest absolute Gasteiger partial charge is 0.443 e. The van der Waals surface area contributed by atoms with Crippen LogP contribution in [-0.4, -0.2) is 48.8 Å². The van der Waals surface area contributed by atoms with Crippen LogP contribution in [0.15, 0.2) is 0 Å². The second-order valence-corrected chi connectivity index (χ2v) is 9.54. The molecule has 3 unspecified atom stereocenters. The molecule has 1 aliphatic rings. The number of hydrogen-bond acceptors (Lipinski definition) is 6. The maximum atomic E-state index is 12.4. The second-order valence-electron chi connectivity index (χ2n) is 9.54. The Bertz CT molecular complexity index is 529. The Morgan fingerprint density at radius 1 is 1.37 bits per heavy atom. The van der Waals surface area contributed by atoms with Crippen molar-refractivity contribution in [1.29, 1.82) is 5.26 Å². The average Bonchev–Trinajstić information content (AvgIpc) is 2.49. The molecule has 1 saturated carbocycles. The molecule has 0 heterocycles. The normalized spacial score (nSPS) is 25.9. The van der Waals surface area contributed by atoms with E-state index < -0.39 is 11.7 Å². The highest BCUT2D eigenvalue weighted by molar-refractivity contribution is 5.68.